The van der Waals surface area contributed by atoms with Gasteiger partial charge < -0.3 is 10.6 Å². The molecule has 0 saturated carbocycles. The van der Waals surface area contributed by atoms with Crippen molar-refractivity contribution >= 4 is 34.2 Å². The van der Waals surface area contributed by atoms with E-state index in [2.05, 4.69) is 15.6 Å². The summed E-state index contributed by atoms with van der Waals surface area (Å²) in [6.07, 6.45) is 1.79. The van der Waals surface area contributed by atoms with Crippen LogP contribution in [0.2, 0.25) is 0 Å². The number of aryl methyl sites for hydroxylation is 1. The summed E-state index contributed by atoms with van der Waals surface area (Å²) in [4.78, 5) is 28.3. The largest absolute Gasteiger partial charge is 0.326 e. The molecule has 0 radical (unpaired) electrons. The number of rotatable bonds is 4. The minimum Gasteiger partial charge on any atom is -0.326 e. The second kappa shape index (κ2) is 7.59. The van der Waals surface area contributed by atoms with Crippen molar-refractivity contribution < 1.29 is 9.59 Å². The van der Waals surface area contributed by atoms with Crippen molar-refractivity contribution in [2.24, 2.45) is 0 Å². The van der Waals surface area contributed by atoms with E-state index in [4.69, 9.17) is 0 Å². The van der Waals surface area contributed by atoms with Gasteiger partial charge >= 0.3 is 0 Å². The van der Waals surface area contributed by atoms with Gasteiger partial charge in [0, 0.05) is 29.5 Å². The van der Waals surface area contributed by atoms with Crippen LogP contribution in [0.5, 0.6) is 0 Å². The monoisotopic (exact) mass is 384 g/mol. The van der Waals surface area contributed by atoms with Gasteiger partial charge in [0.15, 0.2) is 0 Å². The van der Waals surface area contributed by atoms with Crippen molar-refractivity contribution in [1.29, 1.82) is 0 Å². The summed E-state index contributed by atoms with van der Waals surface area (Å²) in [7, 11) is 0. The number of carbonyl (C=O) groups excluding carboxylic acids is 2. The normalized spacial score (nSPS) is 10.7. The van der Waals surface area contributed by atoms with E-state index >= 15 is 0 Å². The quantitative estimate of drug-likeness (QED) is 0.542. The lowest BCUT2D eigenvalue weighted by molar-refractivity contribution is -0.114. The molecular weight excluding hydrogens is 364 g/mol. The maximum atomic E-state index is 12.6. The lowest BCUT2D eigenvalue weighted by atomic mass is 10.1. The van der Waals surface area contributed by atoms with Crippen molar-refractivity contribution in [3.8, 4) is 5.69 Å². The molecule has 3 aromatic carbocycles. The third-order valence-corrected chi connectivity index (χ3v) is 4.67. The van der Waals surface area contributed by atoms with Crippen molar-refractivity contribution in [2.75, 3.05) is 10.6 Å². The summed E-state index contributed by atoms with van der Waals surface area (Å²) in [5.74, 6) is -0.411. The van der Waals surface area contributed by atoms with Crippen molar-refractivity contribution in [3.63, 3.8) is 0 Å². The maximum Gasteiger partial charge on any atom is 0.255 e. The van der Waals surface area contributed by atoms with E-state index in [1.807, 2.05) is 66.1 Å². The maximum absolute atomic E-state index is 12.6. The highest BCUT2D eigenvalue weighted by atomic mass is 16.2. The zero-order valence-corrected chi connectivity index (χ0v) is 16.1. The Bertz CT molecular complexity index is 1210. The van der Waals surface area contributed by atoms with Gasteiger partial charge in [-0.3, -0.25) is 14.2 Å². The number of anilines is 2. The number of imidazole rings is 1. The molecule has 4 rings (SSSR count). The lowest BCUT2D eigenvalue weighted by Crippen LogP contribution is -2.13. The van der Waals surface area contributed by atoms with Crippen LogP contribution in [0.15, 0.2) is 73.1 Å². The minimum absolute atomic E-state index is 0.173. The number of carbonyl (C=O) groups is 2. The smallest absolute Gasteiger partial charge is 0.255 e. The highest BCUT2D eigenvalue weighted by molar-refractivity contribution is 6.05. The van der Waals surface area contributed by atoms with Gasteiger partial charge in [-0.1, -0.05) is 18.2 Å². The Morgan fingerprint density at radius 2 is 1.69 bits per heavy atom. The van der Waals surface area contributed by atoms with Gasteiger partial charge in [0.1, 0.15) is 6.33 Å². The Morgan fingerprint density at radius 1 is 0.931 bits per heavy atom. The standard InChI is InChI=1S/C23H20N4O2/c1-15-7-8-17(13-21(15)25-16(2)28)23(29)26-18-9-11-19(12-10-18)27-14-24-20-5-3-4-6-22(20)27/h3-14H,1-2H3,(H,25,28)(H,26,29). The van der Waals surface area contributed by atoms with Crippen LogP contribution in [0.25, 0.3) is 16.7 Å². The van der Waals surface area contributed by atoms with E-state index in [1.165, 1.54) is 6.92 Å². The van der Waals surface area contributed by atoms with E-state index in [0.29, 0.717) is 16.9 Å². The summed E-state index contributed by atoms with van der Waals surface area (Å²) in [5.41, 5.74) is 5.60. The Labute approximate surface area is 168 Å². The Hall–Kier alpha value is -3.93. The predicted octanol–water partition coefficient (Wildman–Crippen LogP) is 4.54. The molecule has 1 heterocycles. The lowest BCUT2D eigenvalue weighted by Gasteiger charge is -2.11. The van der Waals surface area contributed by atoms with Crippen molar-refractivity contribution in [1.82, 2.24) is 9.55 Å². The van der Waals surface area contributed by atoms with Gasteiger partial charge in [0.25, 0.3) is 5.91 Å². The molecule has 0 bridgehead atoms. The van der Waals surface area contributed by atoms with E-state index in [-0.39, 0.29) is 11.8 Å². The van der Waals surface area contributed by atoms with Gasteiger partial charge in [-0.2, -0.15) is 0 Å². The number of nitrogens with one attached hydrogen (secondary N) is 2. The molecule has 6 nitrogen and oxygen atoms in total. The van der Waals surface area contributed by atoms with Gasteiger partial charge in [0.2, 0.25) is 5.91 Å². The highest BCUT2D eigenvalue weighted by Crippen LogP contribution is 2.21. The molecule has 1 aromatic heterocycles. The minimum atomic E-state index is -0.238. The Morgan fingerprint density at radius 3 is 2.45 bits per heavy atom. The topological polar surface area (TPSA) is 76.0 Å². The first-order chi connectivity index (χ1) is 14.0. The summed E-state index contributed by atoms with van der Waals surface area (Å²) in [5, 5.41) is 5.63. The Balaban J connectivity index is 1.53. The number of amides is 2. The number of fused-ring (bicyclic) bond motifs is 1. The molecule has 144 valence electrons. The third kappa shape index (κ3) is 3.87. The van der Waals surface area contributed by atoms with Crippen LogP contribution in [0.1, 0.15) is 22.8 Å². The molecule has 0 spiro atoms. The van der Waals surface area contributed by atoms with Gasteiger partial charge in [-0.05, 0) is 61.0 Å². The molecule has 0 aliphatic carbocycles. The SMILES string of the molecule is CC(=O)Nc1cc(C(=O)Nc2ccc(-n3cnc4ccccc43)cc2)ccc1C. The molecule has 0 fully saturated rings. The molecule has 2 amide bonds. The molecule has 0 unspecified atom stereocenters. The second-order valence-corrected chi connectivity index (χ2v) is 6.82. The molecular formula is C23H20N4O2. The highest BCUT2D eigenvalue weighted by Gasteiger charge is 2.10. The second-order valence-electron chi connectivity index (χ2n) is 6.82. The van der Waals surface area contributed by atoms with Crippen LogP contribution < -0.4 is 10.6 Å². The van der Waals surface area contributed by atoms with E-state index < -0.39 is 0 Å². The fourth-order valence-electron chi connectivity index (χ4n) is 3.16. The van der Waals surface area contributed by atoms with Crippen molar-refractivity contribution in [3.05, 3.63) is 84.2 Å². The molecule has 0 aliphatic rings. The van der Waals surface area contributed by atoms with E-state index in [9.17, 15) is 9.59 Å². The van der Waals surface area contributed by atoms with Crippen molar-refractivity contribution in [2.45, 2.75) is 13.8 Å². The first kappa shape index (κ1) is 18.4. The molecule has 2 N–H and O–H groups in total. The number of benzene rings is 3. The summed E-state index contributed by atoms with van der Waals surface area (Å²) < 4.78 is 2.00. The first-order valence-electron chi connectivity index (χ1n) is 9.23. The van der Waals surface area contributed by atoms with Crippen LogP contribution >= 0.6 is 0 Å². The summed E-state index contributed by atoms with van der Waals surface area (Å²) >= 11 is 0. The fourth-order valence-corrected chi connectivity index (χ4v) is 3.16. The van der Waals surface area contributed by atoms with Crippen LogP contribution in [-0.4, -0.2) is 21.4 Å². The fraction of sp³-hybridized carbons (Fsp3) is 0.0870. The zero-order chi connectivity index (χ0) is 20.4. The molecule has 4 aromatic rings. The number of nitrogens with zero attached hydrogens (tertiary/aromatic N) is 2. The number of para-hydroxylation sites is 2. The summed E-state index contributed by atoms with van der Waals surface area (Å²) in [6, 6.07) is 20.7. The van der Waals surface area contributed by atoms with Gasteiger partial charge in [-0.15, -0.1) is 0 Å². The third-order valence-electron chi connectivity index (χ3n) is 4.67. The predicted molar refractivity (Wildman–Crippen MR) is 115 cm³/mol. The van der Waals surface area contributed by atoms with Crippen LogP contribution in [-0.2, 0) is 4.79 Å². The zero-order valence-electron chi connectivity index (χ0n) is 16.1. The van der Waals surface area contributed by atoms with Gasteiger partial charge in [0.05, 0.1) is 11.0 Å². The molecule has 0 atom stereocenters. The molecule has 6 heteroatoms. The number of hydrogen-bond acceptors (Lipinski definition) is 3. The van der Waals surface area contributed by atoms with E-state index in [0.717, 1.165) is 22.3 Å². The molecule has 0 aliphatic heterocycles. The summed E-state index contributed by atoms with van der Waals surface area (Å²) in [6.45, 7) is 3.32. The Kier molecular flexibility index (Phi) is 4.83. The molecule has 29 heavy (non-hydrogen) atoms. The first-order valence-corrected chi connectivity index (χ1v) is 9.23. The van der Waals surface area contributed by atoms with E-state index in [1.54, 1.807) is 18.5 Å². The number of aromatic nitrogens is 2. The van der Waals surface area contributed by atoms with Crippen LogP contribution in [0.3, 0.4) is 0 Å². The van der Waals surface area contributed by atoms with Crippen LogP contribution in [0, 0.1) is 6.92 Å². The number of hydrogen-bond donors (Lipinski definition) is 2. The average Bonchev–Trinajstić information content (AvgIpc) is 3.14. The molecule has 0 saturated heterocycles. The van der Waals surface area contributed by atoms with Gasteiger partial charge in [-0.25, -0.2) is 4.98 Å². The van der Waals surface area contributed by atoms with Crippen LogP contribution in [0.4, 0.5) is 11.4 Å². The average molecular weight is 384 g/mol.